The SMILES string of the molecule is CN(C)S(=O)(=O)n1c(C2(O)CCCc3ccccc32)cnc1[Si](C)(C)C(C)(C)C. The Morgan fingerprint density at radius 1 is 1.21 bits per heavy atom. The van der Waals surface area contributed by atoms with Crippen molar-refractivity contribution >= 4 is 23.7 Å². The molecule has 1 unspecified atom stereocenters. The first kappa shape index (κ1) is 22.2. The number of hydrogen-bond acceptors (Lipinski definition) is 4. The maximum Gasteiger partial charge on any atom is 0.308 e. The van der Waals surface area contributed by atoms with Gasteiger partial charge in [-0.25, -0.2) is 8.96 Å². The molecule has 0 fully saturated rings. The van der Waals surface area contributed by atoms with E-state index < -0.39 is 23.9 Å². The molecule has 0 bridgehead atoms. The van der Waals surface area contributed by atoms with Crippen molar-refractivity contribution in [1.29, 1.82) is 0 Å². The van der Waals surface area contributed by atoms with E-state index in [-0.39, 0.29) is 5.04 Å². The second-order valence-electron chi connectivity index (χ2n) is 9.77. The molecule has 6 nitrogen and oxygen atoms in total. The van der Waals surface area contributed by atoms with E-state index in [0.29, 0.717) is 17.6 Å². The predicted octanol–water partition coefficient (Wildman–Crippen LogP) is 2.83. The summed E-state index contributed by atoms with van der Waals surface area (Å²) in [5.41, 5.74) is 1.38. The maximum atomic E-state index is 13.5. The van der Waals surface area contributed by atoms with Gasteiger partial charge in [0.1, 0.15) is 19.1 Å². The van der Waals surface area contributed by atoms with E-state index in [2.05, 4.69) is 38.8 Å². The van der Waals surface area contributed by atoms with E-state index in [0.717, 1.165) is 24.0 Å². The summed E-state index contributed by atoms with van der Waals surface area (Å²) in [5.74, 6) is 0. The smallest absolute Gasteiger partial charge is 0.308 e. The number of rotatable bonds is 4. The van der Waals surface area contributed by atoms with Crippen LogP contribution in [0.2, 0.25) is 18.1 Å². The van der Waals surface area contributed by atoms with Crippen LogP contribution in [-0.4, -0.2) is 49.0 Å². The third-order valence-corrected chi connectivity index (χ3v) is 13.9. The summed E-state index contributed by atoms with van der Waals surface area (Å²) in [6, 6.07) is 7.76. The van der Waals surface area contributed by atoms with Crippen molar-refractivity contribution in [3.63, 3.8) is 0 Å². The summed E-state index contributed by atoms with van der Waals surface area (Å²) in [6.07, 6.45) is 3.72. The molecule has 0 radical (unpaired) electrons. The van der Waals surface area contributed by atoms with Crippen molar-refractivity contribution in [2.75, 3.05) is 14.1 Å². The molecule has 1 N–H and O–H groups in total. The monoisotopic (exact) mass is 435 g/mol. The van der Waals surface area contributed by atoms with E-state index in [1.807, 2.05) is 24.3 Å². The van der Waals surface area contributed by atoms with Crippen molar-refractivity contribution in [2.45, 2.75) is 63.8 Å². The Morgan fingerprint density at radius 2 is 1.83 bits per heavy atom. The number of aromatic nitrogens is 2. The normalized spacial score (nSPS) is 20.7. The molecule has 8 heteroatoms. The van der Waals surface area contributed by atoms with E-state index in [1.165, 1.54) is 22.4 Å². The highest BCUT2D eigenvalue weighted by Gasteiger charge is 2.47. The molecule has 0 amide bonds. The van der Waals surface area contributed by atoms with Crippen LogP contribution in [0.1, 0.15) is 50.4 Å². The number of fused-ring (bicyclic) bond motifs is 1. The lowest BCUT2D eigenvalue weighted by atomic mass is 9.77. The van der Waals surface area contributed by atoms with Crippen LogP contribution in [-0.2, 0) is 22.2 Å². The minimum absolute atomic E-state index is 0.109. The van der Waals surface area contributed by atoms with Crippen LogP contribution in [0.3, 0.4) is 0 Å². The first-order valence-corrected chi connectivity index (χ1v) is 14.5. The summed E-state index contributed by atoms with van der Waals surface area (Å²) >= 11 is 0. The van der Waals surface area contributed by atoms with Crippen molar-refractivity contribution in [1.82, 2.24) is 13.3 Å². The van der Waals surface area contributed by atoms with Crippen LogP contribution in [0.25, 0.3) is 0 Å². The number of nitrogens with zero attached hydrogens (tertiary/aromatic N) is 3. The average molecular weight is 436 g/mol. The third kappa shape index (κ3) is 3.40. The van der Waals surface area contributed by atoms with Crippen molar-refractivity contribution < 1.29 is 13.5 Å². The molecule has 2 aromatic rings. The standard InChI is InChI=1S/C21H33N3O3SSi/c1-20(2,3)29(6,7)19-22-15-18(24(19)28(26,27)23(4)5)21(25)14-10-12-16-11-8-9-13-17(16)21/h8-9,11,13,15,25H,10,12,14H2,1-7H3. The molecule has 0 saturated carbocycles. The topological polar surface area (TPSA) is 75.4 Å². The highest BCUT2D eigenvalue weighted by Crippen LogP contribution is 2.42. The molecule has 1 aromatic carbocycles. The predicted molar refractivity (Wildman–Crippen MR) is 119 cm³/mol. The lowest BCUT2D eigenvalue weighted by molar-refractivity contribution is 0.0563. The molecule has 3 rings (SSSR count). The molecule has 0 saturated heterocycles. The van der Waals surface area contributed by atoms with Crippen LogP contribution in [0.4, 0.5) is 0 Å². The molecular weight excluding hydrogens is 402 g/mol. The van der Waals surface area contributed by atoms with E-state index in [4.69, 9.17) is 0 Å². The van der Waals surface area contributed by atoms with Gasteiger partial charge in [-0.3, -0.25) is 0 Å². The van der Waals surface area contributed by atoms with Gasteiger partial charge in [0.15, 0.2) is 0 Å². The lowest BCUT2D eigenvalue weighted by Gasteiger charge is -2.38. The van der Waals surface area contributed by atoms with E-state index in [9.17, 15) is 13.5 Å². The zero-order chi connectivity index (χ0) is 21.8. The average Bonchev–Trinajstić information content (AvgIpc) is 3.08. The van der Waals surface area contributed by atoms with Crippen molar-refractivity contribution in [3.8, 4) is 0 Å². The largest absolute Gasteiger partial charge is 0.379 e. The summed E-state index contributed by atoms with van der Waals surface area (Å²) in [4.78, 5) is 4.66. The summed E-state index contributed by atoms with van der Waals surface area (Å²) in [6.45, 7) is 10.7. The molecule has 1 heterocycles. The van der Waals surface area contributed by atoms with Gasteiger partial charge in [0, 0.05) is 14.1 Å². The summed E-state index contributed by atoms with van der Waals surface area (Å²) in [7, 11) is -3.14. The summed E-state index contributed by atoms with van der Waals surface area (Å²) in [5, 5.41) is 11.8. The Balaban J connectivity index is 2.36. The Bertz CT molecular complexity index is 1020. The van der Waals surface area contributed by atoms with Gasteiger partial charge in [0.2, 0.25) is 0 Å². The fraction of sp³-hybridized carbons (Fsp3) is 0.571. The number of aryl methyl sites for hydroxylation is 1. The molecule has 29 heavy (non-hydrogen) atoms. The van der Waals surface area contributed by atoms with Crippen molar-refractivity contribution in [3.05, 3.63) is 47.3 Å². The lowest BCUT2D eigenvalue weighted by Crippen LogP contribution is -2.57. The third-order valence-electron chi connectivity index (χ3n) is 6.72. The second kappa shape index (κ2) is 7.04. The van der Waals surface area contributed by atoms with Gasteiger partial charge >= 0.3 is 10.2 Å². The highest BCUT2D eigenvalue weighted by molar-refractivity contribution is 7.87. The molecule has 0 spiro atoms. The molecule has 1 aliphatic rings. The van der Waals surface area contributed by atoms with Crippen LogP contribution in [0.5, 0.6) is 0 Å². The van der Waals surface area contributed by atoms with E-state index in [1.54, 1.807) is 6.20 Å². The highest BCUT2D eigenvalue weighted by atomic mass is 32.2. The molecule has 0 aliphatic heterocycles. The van der Waals surface area contributed by atoms with Crippen LogP contribution in [0.15, 0.2) is 30.5 Å². The van der Waals surface area contributed by atoms with Gasteiger partial charge in [0.05, 0.1) is 11.9 Å². The van der Waals surface area contributed by atoms with Crippen LogP contribution < -0.4 is 5.45 Å². The number of aliphatic hydroxyl groups is 1. The molecular formula is C21H33N3O3SSi. The van der Waals surface area contributed by atoms with Gasteiger partial charge in [0.25, 0.3) is 0 Å². The number of hydrogen-bond donors (Lipinski definition) is 1. The van der Waals surface area contributed by atoms with Gasteiger partial charge in [-0.1, -0.05) is 58.1 Å². The fourth-order valence-electron chi connectivity index (χ4n) is 3.84. The number of imidazole rings is 1. The summed E-state index contributed by atoms with van der Waals surface area (Å²) < 4.78 is 29.5. The fourth-order valence-corrected chi connectivity index (χ4v) is 7.60. The van der Waals surface area contributed by atoms with Gasteiger partial charge < -0.3 is 5.11 Å². The quantitative estimate of drug-likeness (QED) is 0.750. The van der Waals surface area contributed by atoms with E-state index >= 15 is 0 Å². The van der Waals surface area contributed by atoms with Gasteiger partial charge in [-0.05, 0) is 35.4 Å². The van der Waals surface area contributed by atoms with Crippen LogP contribution >= 0.6 is 0 Å². The Kier molecular flexibility index (Phi) is 5.39. The molecule has 160 valence electrons. The first-order valence-electron chi connectivity index (χ1n) is 10.1. The van der Waals surface area contributed by atoms with Crippen molar-refractivity contribution in [2.24, 2.45) is 0 Å². The zero-order valence-corrected chi connectivity index (χ0v) is 20.3. The second-order valence-corrected chi connectivity index (χ2v) is 17.0. The molecule has 1 aliphatic carbocycles. The van der Waals surface area contributed by atoms with Gasteiger partial charge in [-0.15, -0.1) is 0 Å². The molecule has 1 aromatic heterocycles. The zero-order valence-electron chi connectivity index (χ0n) is 18.5. The Labute approximate surface area is 175 Å². The number of benzene rings is 1. The minimum atomic E-state index is -3.87. The Morgan fingerprint density at radius 3 is 2.41 bits per heavy atom. The minimum Gasteiger partial charge on any atom is -0.379 e. The first-order chi connectivity index (χ1) is 13.2. The molecule has 1 atom stereocenters. The van der Waals surface area contributed by atoms with Crippen LogP contribution in [0, 0.1) is 0 Å². The maximum absolute atomic E-state index is 13.5. The Hall–Kier alpha value is -1.48. The van der Waals surface area contributed by atoms with Gasteiger partial charge in [-0.2, -0.15) is 12.7 Å².